The number of carbonyl (C=O) groups is 2. The molecule has 0 aromatic heterocycles. The number of rotatable bonds is 3. The molecule has 2 aromatic carbocycles. The van der Waals surface area contributed by atoms with Crippen LogP contribution in [-0.2, 0) is 17.8 Å². The molecule has 2 aromatic rings. The summed E-state index contributed by atoms with van der Waals surface area (Å²) in [5.74, 6) is -0.314. The molecule has 1 heterocycles. The second-order valence-electron chi connectivity index (χ2n) is 6.73. The van der Waals surface area contributed by atoms with Gasteiger partial charge in [-0.3, -0.25) is 9.59 Å². The molecule has 4 rings (SSSR count). The quantitative estimate of drug-likeness (QED) is 0.933. The lowest BCUT2D eigenvalue weighted by Gasteiger charge is -2.29. The maximum Gasteiger partial charge on any atom is 0.255 e. The third-order valence-electron chi connectivity index (χ3n) is 4.80. The van der Waals surface area contributed by atoms with Gasteiger partial charge < -0.3 is 10.2 Å². The van der Waals surface area contributed by atoms with Crippen molar-refractivity contribution in [1.29, 1.82) is 0 Å². The van der Waals surface area contributed by atoms with Crippen LogP contribution in [0.25, 0.3) is 0 Å². The predicted molar refractivity (Wildman–Crippen MR) is 92.6 cm³/mol. The highest BCUT2D eigenvalue weighted by Crippen LogP contribution is 2.33. The minimum absolute atomic E-state index is 0.220. The number of amides is 2. The number of anilines is 1. The van der Waals surface area contributed by atoms with E-state index in [2.05, 4.69) is 5.32 Å². The van der Waals surface area contributed by atoms with Gasteiger partial charge in [0.25, 0.3) is 5.91 Å². The molecular formula is C20H19FN2O2. The second kappa shape index (κ2) is 6.31. The van der Waals surface area contributed by atoms with E-state index in [1.807, 2.05) is 23.1 Å². The van der Waals surface area contributed by atoms with E-state index < -0.39 is 5.82 Å². The van der Waals surface area contributed by atoms with E-state index in [0.29, 0.717) is 12.2 Å². The van der Waals surface area contributed by atoms with Crippen molar-refractivity contribution in [3.63, 3.8) is 0 Å². The van der Waals surface area contributed by atoms with E-state index in [1.54, 1.807) is 6.07 Å². The summed E-state index contributed by atoms with van der Waals surface area (Å²) in [6.07, 6.45) is 2.85. The molecule has 0 bridgehead atoms. The molecule has 4 nitrogen and oxygen atoms in total. The molecule has 128 valence electrons. The first kappa shape index (κ1) is 15.8. The Balaban J connectivity index is 1.50. The lowest BCUT2D eigenvalue weighted by molar-refractivity contribution is -0.133. The van der Waals surface area contributed by atoms with Gasteiger partial charge in [-0.25, -0.2) is 4.39 Å². The molecule has 25 heavy (non-hydrogen) atoms. The van der Waals surface area contributed by atoms with Gasteiger partial charge in [-0.15, -0.1) is 0 Å². The highest BCUT2D eigenvalue weighted by atomic mass is 19.1. The number of halogens is 1. The van der Waals surface area contributed by atoms with Crippen LogP contribution in [0.5, 0.6) is 0 Å². The maximum absolute atomic E-state index is 13.3. The van der Waals surface area contributed by atoms with Gasteiger partial charge in [0, 0.05) is 30.3 Å². The first-order valence-corrected chi connectivity index (χ1v) is 8.57. The van der Waals surface area contributed by atoms with E-state index >= 15 is 0 Å². The minimum Gasteiger partial charge on any atom is -0.338 e. The lowest BCUT2D eigenvalue weighted by Crippen LogP contribution is -2.36. The fraction of sp³-hybridized carbons (Fsp3) is 0.300. The summed E-state index contributed by atoms with van der Waals surface area (Å²) < 4.78 is 13.3. The number of hydrogen-bond acceptors (Lipinski definition) is 2. The lowest BCUT2D eigenvalue weighted by atomic mass is 9.98. The molecule has 2 aliphatic rings. The summed E-state index contributed by atoms with van der Waals surface area (Å²) in [4.78, 5) is 26.4. The van der Waals surface area contributed by atoms with Crippen molar-refractivity contribution in [2.45, 2.75) is 25.8 Å². The van der Waals surface area contributed by atoms with Crippen molar-refractivity contribution in [3.05, 3.63) is 65.0 Å². The largest absolute Gasteiger partial charge is 0.338 e. The fourth-order valence-electron chi connectivity index (χ4n) is 3.24. The fourth-order valence-corrected chi connectivity index (χ4v) is 3.24. The van der Waals surface area contributed by atoms with Crippen LogP contribution in [0, 0.1) is 11.7 Å². The Morgan fingerprint density at radius 1 is 1.08 bits per heavy atom. The Hall–Kier alpha value is -2.69. The summed E-state index contributed by atoms with van der Waals surface area (Å²) in [7, 11) is 0. The van der Waals surface area contributed by atoms with E-state index in [0.717, 1.165) is 31.4 Å². The first-order valence-electron chi connectivity index (χ1n) is 8.57. The van der Waals surface area contributed by atoms with Gasteiger partial charge in [0.1, 0.15) is 5.82 Å². The van der Waals surface area contributed by atoms with Crippen LogP contribution in [0.1, 0.15) is 34.3 Å². The molecule has 1 aliphatic carbocycles. The van der Waals surface area contributed by atoms with Crippen molar-refractivity contribution in [2.75, 3.05) is 11.9 Å². The number of fused-ring (bicyclic) bond motifs is 1. The summed E-state index contributed by atoms with van der Waals surface area (Å²) in [6, 6.07) is 11.4. The summed E-state index contributed by atoms with van der Waals surface area (Å²) >= 11 is 0. The molecule has 0 radical (unpaired) electrons. The zero-order chi connectivity index (χ0) is 17.4. The van der Waals surface area contributed by atoms with E-state index in [4.69, 9.17) is 0 Å². The van der Waals surface area contributed by atoms with Crippen molar-refractivity contribution < 1.29 is 14.0 Å². The van der Waals surface area contributed by atoms with Gasteiger partial charge in [0.2, 0.25) is 5.91 Å². The van der Waals surface area contributed by atoms with Gasteiger partial charge in [0.15, 0.2) is 0 Å². The molecule has 0 saturated heterocycles. The number of carbonyl (C=O) groups excluding carboxylic acids is 2. The molecule has 1 fully saturated rings. The smallest absolute Gasteiger partial charge is 0.255 e. The zero-order valence-electron chi connectivity index (χ0n) is 13.8. The Kier molecular flexibility index (Phi) is 3.99. The van der Waals surface area contributed by atoms with Crippen LogP contribution in [0.3, 0.4) is 0 Å². The van der Waals surface area contributed by atoms with Crippen molar-refractivity contribution in [1.82, 2.24) is 4.90 Å². The van der Waals surface area contributed by atoms with E-state index in [1.165, 1.54) is 23.8 Å². The van der Waals surface area contributed by atoms with Gasteiger partial charge in [-0.2, -0.15) is 0 Å². The number of nitrogens with one attached hydrogen (secondary N) is 1. The molecule has 1 N–H and O–H groups in total. The third-order valence-corrected chi connectivity index (χ3v) is 4.80. The van der Waals surface area contributed by atoms with Crippen LogP contribution >= 0.6 is 0 Å². The monoisotopic (exact) mass is 338 g/mol. The van der Waals surface area contributed by atoms with Crippen LogP contribution in [0.2, 0.25) is 0 Å². The van der Waals surface area contributed by atoms with Crippen LogP contribution in [0.15, 0.2) is 42.5 Å². The van der Waals surface area contributed by atoms with Crippen LogP contribution in [-0.4, -0.2) is 23.3 Å². The predicted octanol–water partition coefficient (Wildman–Crippen LogP) is 3.37. The molecule has 0 atom stereocenters. The molecule has 1 saturated carbocycles. The summed E-state index contributed by atoms with van der Waals surface area (Å²) in [5, 5.41) is 2.81. The van der Waals surface area contributed by atoms with Gasteiger partial charge in [-0.1, -0.05) is 12.1 Å². The van der Waals surface area contributed by atoms with E-state index in [-0.39, 0.29) is 23.3 Å². The maximum atomic E-state index is 13.3. The molecule has 2 amide bonds. The number of hydrogen-bond donors (Lipinski definition) is 1. The molecule has 1 aliphatic heterocycles. The van der Waals surface area contributed by atoms with Crippen LogP contribution < -0.4 is 5.32 Å². The molecule has 0 spiro atoms. The molecule has 0 unspecified atom stereocenters. The minimum atomic E-state index is -0.438. The highest BCUT2D eigenvalue weighted by Gasteiger charge is 2.34. The zero-order valence-corrected chi connectivity index (χ0v) is 13.8. The SMILES string of the molecule is O=C(Nc1ccc2c(c1)CN(C(=O)C1CC1)CC2)c1cccc(F)c1. The molecular weight excluding hydrogens is 319 g/mol. The molecule has 5 heteroatoms. The Bertz CT molecular complexity index is 845. The summed E-state index contributed by atoms with van der Waals surface area (Å²) in [6.45, 7) is 1.35. The van der Waals surface area contributed by atoms with Gasteiger partial charge in [0.05, 0.1) is 0 Å². The Morgan fingerprint density at radius 2 is 1.92 bits per heavy atom. The topological polar surface area (TPSA) is 49.4 Å². The first-order chi connectivity index (χ1) is 12.1. The van der Waals surface area contributed by atoms with E-state index in [9.17, 15) is 14.0 Å². The Labute approximate surface area is 145 Å². The van der Waals surface area contributed by atoms with Crippen molar-refractivity contribution in [3.8, 4) is 0 Å². The van der Waals surface area contributed by atoms with Crippen LogP contribution in [0.4, 0.5) is 10.1 Å². The van der Waals surface area contributed by atoms with Gasteiger partial charge >= 0.3 is 0 Å². The average molecular weight is 338 g/mol. The Morgan fingerprint density at radius 3 is 2.68 bits per heavy atom. The van der Waals surface area contributed by atoms with Crippen molar-refractivity contribution >= 4 is 17.5 Å². The third kappa shape index (κ3) is 3.40. The number of benzene rings is 2. The normalized spacial score (nSPS) is 16.3. The standard InChI is InChI=1S/C20H19FN2O2/c21-17-3-1-2-15(10-17)19(24)22-18-7-6-13-8-9-23(12-16(13)11-18)20(25)14-4-5-14/h1-3,6-7,10-11,14H,4-5,8-9,12H2,(H,22,24). The average Bonchev–Trinajstić information content (AvgIpc) is 3.45. The van der Waals surface area contributed by atoms with Gasteiger partial charge in [-0.05, 0) is 60.7 Å². The second-order valence-corrected chi connectivity index (χ2v) is 6.73. The number of nitrogens with zero attached hydrogens (tertiary/aromatic N) is 1. The highest BCUT2D eigenvalue weighted by molar-refractivity contribution is 6.04. The van der Waals surface area contributed by atoms with Crippen molar-refractivity contribution in [2.24, 2.45) is 5.92 Å². The summed E-state index contributed by atoms with van der Waals surface area (Å²) in [5.41, 5.74) is 3.22.